The third-order valence-electron chi connectivity index (χ3n) is 3.77. The number of rotatable bonds is 3. The highest BCUT2D eigenvalue weighted by atomic mass is 35.7. The molecule has 0 aromatic carbocycles. The summed E-state index contributed by atoms with van der Waals surface area (Å²) in [6.45, 7) is 7.58. The molecular formula is C15H22ClN3O6S. The Bertz CT molecular complexity index is 838. The first-order valence-corrected chi connectivity index (χ1v) is 10.2. The predicted molar refractivity (Wildman–Crippen MR) is 95.6 cm³/mol. The Morgan fingerprint density at radius 2 is 1.85 bits per heavy atom. The van der Waals surface area contributed by atoms with Gasteiger partial charge < -0.3 is 14.7 Å². The lowest BCUT2D eigenvalue weighted by atomic mass is 10.2. The van der Waals surface area contributed by atoms with Crippen molar-refractivity contribution in [2.75, 3.05) is 26.2 Å². The average Bonchev–Trinajstić information content (AvgIpc) is 2.49. The molecule has 1 N–H and O–H groups in total. The molecule has 0 aliphatic carbocycles. The average molecular weight is 408 g/mol. The number of piperazine rings is 1. The van der Waals surface area contributed by atoms with Crippen LogP contribution in [0.5, 0.6) is 5.75 Å². The molecule has 2 heterocycles. The zero-order valence-electron chi connectivity index (χ0n) is 14.8. The highest BCUT2D eigenvalue weighted by Crippen LogP contribution is 2.17. The van der Waals surface area contributed by atoms with Gasteiger partial charge in [0.15, 0.2) is 5.75 Å². The molecule has 1 aromatic heterocycles. The van der Waals surface area contributed by atoms with E-state index in [9.17, 15) is 23.1 Å². The molecule has 11 heteroatoms. The fourth-order valence-corrected chi connectivity index (χ4v) is 3.32. The molecule has 0 atom stereocenters. The SMILES string of the molecule is CC(C)(C)OC(=O)N1CCN(Cc2ccn(S(=O)(=O)Cl)c(=O)c2O)CC1. The number of pyridine rings is 1. The van der Waals surface area contributed by atoms with Gasteiger partial charge in [-0.3, -0.25) is 9.69 Å². The van der Waals surface area contributed by atoms with Crippen LogP contribution in [0.4, 0.5) is 4.79 Å². The molecule has 1 aromatic rings. The van der Waals surface area contributed by atoms with Gasteiger partial charge in [0, 0.05) is 55.2 Å². The van der Waals surface area contributed by atoms with Crippen LogP contribution >= 0.6 is 10.7 Å². The molecule has 26 heavy (non-hydrogen) atoms. The number of carbonyl (C=O) groups excluding carboxylic acids is 1. The maximum atomic E-state index is 12.0. The van der Waals surface area contributed by atoms with Gasteiger partial charge >= 0.3 is 20.9 Å². The lowest BCUT2D eigenvalue weighted by Gasteiger charge is -2.35. The van der Waals surface area contributed by atoms with Crippen LogP contribution in [0.3, 0.4) is 0 Å². The van der Waals surface area contributed by atoms with Crippen LogP contribution in [0.25, 0.3) is 0 Å². The van der Waals surface area contributed by atoms with Crippen molar-refractivity contribution in [1.29, 1.82) is 0 Å². The zero-order valence-corrected chi connectivity index (χ0v) is 16.4. The number of nitrogens with zero attached hydrogens (tertiary/aromatic N) is 3. The second kappa shape index (κ2) is 7.45. The van der Waals surface area contributed by atoms with Crippen molar-refractivity contribution >= 4 is 26.0 Å². The van der Waals surface area contributed by atoms with Crippen LogP contribution in [0.2, 0.25) is 0 Å². The third-order valence-corrected chi connectivity index (χ3v) is 4.97. The van der Waals surface area contributed by atoms with Crippen molar-refractivity contribution in [2.45, 2.75) is 32.9 Å². The van der Waals surface area contributed by atoms with Gasteiger partial charge in [-0.05, 0) is 26.8 Å². The Morgan fingerprint density at radius 1 is 1.27 bits per heavy atom. The molecular weight excluding hydrogens is 386 g/mol. The van der Waals surface area contributed by atoms with Crippen LogP contribution in [0, 0.1) is 0 Å². The quantitative estimate of drug-likeness (QED) is 0.742. The van der Waals surface area contributed by atoms with E-state index < -0.39 is 26.1 Å². The van der Waals surface area contributed by atoms with E-state index in [0.29, 0.717) is 26.2 Å². The fraction of sp³-hybridized carbons (Fsp3) is 0.600. The minimum absolute atomic E-state index is 0.242. The summed E-state index contributed by atoms with van der Waals surface area (Å²) in [6.07, 6.45) is 0.631. The van der Waals surface area contributed by atoms with Gasteiger partial charge in [-0.2, -0.15) is 12.4 Å². The molecule has 1 saturated heterocycles. The number of ether oxygens (including phenoxy) is 1. The first-order valence-electron chi connectivity index (χ1n) is 7.97. The molecule has 1 fully saturated rings. The minimum Gasteiger partial charge on any atom is -0.503 e. The Labute approximate surface area is 156 Å². The van der Waals surface area contributed by atoms with Crippen LogP contribution in [0.15, 0.2) is 17.1 Å². The van der Waals surface area contributed by atoms with Crippen molar-refractivity contribution in [3.8, 4) is 5.75 Å². The minimum atomic E-state index is -4.29. The Morgan fingerprint density at radius 3 is 2.35 bits per heavy atom. The van der Waals surface area contributed by atoms with Gasteiger partial charge in [0.05, 0.1) is 0 Å². The van der Waals surface area contributed by atoms with Gasteiger partial charge in [-0.1, -0.05) is 0 Å². The fourth-order valence-electron chi connectivity index (χ4n) is 2.50. The van der Waals surface area contributed by atoms with Crippen LogP contribution < -0.4 is 5.56 Å². The van der Waals surface area contributed by atoms with Crippen molar-refractivity contribution < 1.29 is 23.1 Å². The second-order valence-corrected chi connectivity index (χ2v) is 9.36. The van der Waals surface area contributed by atoms with Crippen molar-refractivity contribution in [1.82, 2.24) is 13.8 Å². The van der Waals surface area contributed by atoms with E-state index in [-0.39, 0.29) is 22.2 Å². The molecule has 2 rings (SSSR count). The molecule has 0 bridgehead atoms. The van der Waals surface area contributed by atoms with Gasteiger partial charge in [-0.25, -0.2) is 4.79 Å². The molecule has 0 radical (unpaired) electrons. The van der Waals surface area contributed by atoms with Crippen molar-refractivity contribution in [3.63, 3.8) is 0 Å². The first kappa shape index (κ1) is 20.5. The topological polar surface area (TPSA) is 109 Å². The third kappa shape index (κ3) is 5.12. The summed E-state index contributed by atoms with van der Waals surface area (Å²) in [5.41, 5.74) is -1.37. The van der Waals surface area contributed by atoms with E-state index in [4.69, 9.17) is 15.4 Å². The smallest absolute Gasteiger partial charge is 0.410 e. The van der Waals surface area contributed by atoms with E-state index in [1.807, 2.05) is 4.90 Å². The number of aromatic nitrogens is 1. The zero-order chi connectivity index (χ0) is 19.7. The summed E-state index contributed by atoms with van der Waals surface area (Å²) in [6, 6.07) is 1.33. The summed E-state index contributed by atoms with van der Waals surface area (Å²) in [7, 11) is 0.843. The molecule has 1 aliphatic rings. The molecule has 0 unspecified atom stereocenters. The summed E-state index contributed by atoms with van der Waals surface area (Å²) < 4.78 is 28.1. The lowest BCUT2D eigenvalue weighted by Crippen LogP contribution is -2.49. The number of aromatic hydroxyl groups is 1. The van der Waals surface area contributed by atoms with E-state index >= 15 is 0 Å². The maximum Gasteiger partial charge on any atom is 0.410 e. The monoisotopic (exact) mass is 407 g/mol. The van der Waals surface area contributed by atoms with E-state index in [1.165, 1.54) is 6.07 Å². The number of amides is 1. The summed E-state index contributed by atoms with van der Waals surface area (Å²) in [5.74, 6) is -0.661. The highest BCUT2D eigenvalue weighted by Gasteiger charge is 2.26. The first-order chi connectivity index (χ1) is 11.9. The molecule has 146 valence electrons. The lowest BCUT2D eigenvalue weighted by molar-refractivity contribution is 0.0138. The van der Waals surface area contributed by atoms with Crippen molar-refractivity contribution in [2.24, 2.45) is 0 Å². The highest BCUT2D eigenvalue weighted by molar-refractivity contribution is 8.12. The number of hydrogen-bond donors (Lipinski definition) is 1. The molecule has 1 amide bonds. The summed E-state index contributed by atoms with van der Waals surface area (Å²) in [4.78, 5) is 27.5. The Balaban J connectivity index is 2.01. The second-order valence-electron chi connectivity index (χ2n) is 6.98. The van der Waals surface area contributed by atoms with Crippen LogP contribution in [-0.4, -0.2) is 65.2 Å². The molecule has 9 nitrogen and oxygen atoms in total. The number of hydrogen-bond acceptors (Lipinski definition) is 7. The standard InChI is InChI=1S/C15H22ClN3O6S/c1-15(2,3)25-14(22)18-8-6-17(7-9-18)10-11-4-5-19(26(16,23)24)13(21)12(11)20/h4-5,20H,6-10H2,1-3H3. The van der Waals surface area contributed by atoms with Crippen LogP contribution in [0.1, 0.15) is 26.3 Å². The van der Waals surface area contributed by atoms with Crippen LogP contribution in [-0.2, 0) is 20.5 Å². The normalized spacial score (nSPS) is 16.5. The molecule has 1 aliphatic heterocycles. The molecule has 0 spiro atoms. The predicted octanol–water partition coefficient (Wildman–Crippen LogP) is 0.938. The largest absolute Gasteiger partial charge is 0.503 e. The van der Waals surface area contributed by atoms with Crippen molar-refractivity contribution in [3.05, 3.63) is 28.2 Å². The van der Waals surface area contributed by atoms with Gasteiger partial charge in [0.2, 0.25) is 0 Å². The Hall–Kier alpha value is -1.78. The number of halogens is 1. The summed E-state index contributed by atoms with van der Waals surface area (Å²) >= 11 is 0. The molecule has 0 saturated carbocycles. The van der Waals surface area contributed by atoms with E-state index in [0.717, 1.165) is 6.20 Å². The van der Waals surface area contributed by atoms with E-state index in [1.54, 1.807) is 25.7 Å². The number of carbonyl (C=O) groups is 1. The van der Waals surface area contributed by atoms with E-state index in [2.05, 4.69) is 0 Å². The van der Waals surface area contributed by atoms with Gasteiger partial charge in [0.1, 0.15) is 5.60 Å². The Kier molecular flexibility index (Phi) is 5.89. The maximum absolute atomic E-state index is 12.0. The van der Waals surface area contributed by atoms with Gasteiger partial charge in [-0.15, -0.1) is 0 Å². The van der Waals surface area contributed by atoms with Gasteiger partial charge in [0.25, 0.3) is 0 Å². The summed E-state index contributed by atoms with van der Waals surface area (Å²) in [5, 5.41) is 9.97.